The van der Waals surface area contributed by atoms with Crippen LogP contribution >= 0.6 is 11.6 Å². The van der Waals surface area contributed by atoms with Gasteiger partial charge in [-0.1, -0.05) is 29.8 Å². The van der Waals surface area contributed by atoms with Crippen molar-refractivity contribution in [3.63, 3.8) is 0 Å². The van der Waals surface area contributed by atoms with Gasteiger partial charge in [-0.2, -0.15) is 0 Å². The number of halogens is 1. The average Bonchev–Trinajstić information content (AvgIpc) is 2.43. The number of benzene rings is 2. The van der Waals surface area contributed by atoms with E-state index in [1.807, 2.05) is 24.3 Å². The Balaban J connectivity index is 2.05. The minimum absolute atomic E-state index is 0.0191. The number of carbonyl (C=O) groups is 1. The van der Waals surface area contributed by atoms with Crippen molar-refractivity contribution in [3.05, 3.63) is 58.6 Å². The molecule has 3 rings (SSSR count). The predicted molar refractivity (Wildman–Crippen MR) is 77.7 cm³/mol. The topological polar surface area (TPSA) is 46.3 Å². The van der Waals surface area contributed by atoms with E-state index in [1.54, 1.807) is 23.1 Å². The van der Waals surface area contributed by atoms with E-state index in [1.165, 1.54) is 0 Å². The van der Waals surface area contributed by atoms with Crippen molar-refractivity contribution in [2.24, 2.45) is 0 Å². The van der Waals surface area contributed by atoms with Gasteiger partial charge in [0.2, 0.25) is 0 Å². The zero-order valence-electron chi connectivity index (χ0n) is 10.3. The number of fused-ring (bicyclic) bond motifs is 1. The number of hydrogen-bond acceptors (Lipinski definition) is 2. The third kappa shape index (κ3) is 2.06. The lowest BCUT2D eigenvalue weighted by molar-refractivity contribution is 0.0980. The van der Waals surface area contributed by atoms with Gasteiger partial charge < -0.3 is 10.6 Å². The van der Waals surface area contributed by atoms with Crippen LogP contribution in [-0.4, -0.2) is 12.5 Å². The summed E-state index contributed by atoms with van der Waals surface area (Å²) < 4.78 is 0. The second kappa shape index (κ2) is 4.59. The molecular formula is C15H13ClN2O. The maximum Gasteiger partial charge on any atom is 0.258 e. The summed E-state index contributed by atoms with van der Waals surface area (Å²) in [5.74, 6) is -0.0191. The fourth-order valence-electron chi connectivity index (χ4n) is 2.39. The number of nitrogens with zero attached hydrogens (tertiary/aromatic N) is 1. The van der Waals surface area contributed by atoms with Gasteiger partial charge in [-0.3, -0.25) is 4.79 Å². The van der Waals surface area contributed by atoms with Gasteiger partial charge in [0.05, 0.1) is 10.7 Å². The zero-order valence-corrected chi connectivity index (χ0v) is 11.0. The van der Waals surface area contributed by atoms with Crippen LogP contribution in [0.25, 0.3) is 0 Å². The summed E-state index contributed by atoms with van der Waals surface area (Å²) in [5, 5.41) is 0.543. The van der Waals surface area contributed by atoms with Crippen LogP contribution in [0.5, 0.6) is 0 Å². The van der Waals surface area contributed by atoms with Crippen molar-refractivity contribution < 1.29 is 4.79 Å². The normalized spacial score (nSPS) is 14.4. The van der Waals surface area contributed by atoms with E-state index < -0.39 is 0 Å². The molecule has 0 saturated carbocycles. The molecule has 0 saturated heterocycles. The van der Waals surface area contributed by atoms with E-state index in [2.05, 4.69) is 0 Å². The Morgan fingerprint density at radius 2 is 1.95 bits per heavy atom. The molecule has 0 spiro atoms. The molecule has 4 heteroatoms. The molecule has 1 heterocycles. The highest BCUT2D eigenvalue weighted by atomic mass is 35.5. The number of anilines is 2. The SMILES string of the molecule is Nc1ccc(Cl)c(N2CCc3ccccc3C2=O)c1. The lowest BCUT2D eigenvalue weighted by Crippen LogP contribution is -2.37. The Morgan fingerprint density at radius 3 is 2.79 bits per heavy atom. The van der Waals surface area contributed by atoms with Crippen molar-refractivity contribution in [1.29, 1.82) is 0 Å². The minimum atomic E-state index is -0.0191. The maximum absolute atomic E-state index is 12.5. The second-order valence-corrected chi connectivity index (χ2v) is 4.98. The van der Waals surface area contributed by atoms with Crippen molar-refractivity contribution in [2.75, 3.05) is 17.2 Å². The highest BCUT2D eigenvalue weighted by molar-refractivity contribution is 6.34. The molecule has 0 radical (unpaired) electrons. The quantitative estimate of drug-likeness (QED) is 0.811. The third-order valence-corrected chi connectivity index (χ3v) is 3.68. The molecule has 1 aliphatic rings. The molecule has 2 aromatic rings. The average molecular weight is 273 g/mol. The van der Waals surface area contributed by atoms with Crippen molar-refractivity contribution in [3.8, 4) is 0 Å². The molecule has 2 N–H and O–H groups in total. The van der Waals surface area contributed by atoms with E-state index in [-0.39, 0.29) is 5.91 Å². The zero-order chi connectivity index (χ0) is 13.4. The van der Waals surface area contributed by atoms with Gasteiger partial charge in [-0.15, -0.1) is 0 Å². The van der Waals surface area contributed by atoms with Crippen LogP contribution in [0.2, 0.25) is 5.02 Å². The van der Waals surface area contributed by atoms with Gasteiger partial charge in [-0.05, 0) is 36.2 Å². The van der Waals surface area contributed by atoms with E-state index in [4.69, 9.17) is 17.3 Å². The van der Waals surface area contributed by atoms with Crippen molar-refractivity contribution in [1.82, 2.24) is 0 Å². The molecule has 1 aliphatic heterocycles. The Morgan fingerprint density at radius 1 is 1.16 bits per heavy atom. The van der Waals surface area contributed by atoms with Crippen LogP contribution in [0.3, 0.4) is 0 Å². The number of amides is 1. The first kappa shape index (κ1) is 12.1. The second-order valence-electron chi connectivity index (χ2n) is 4.57. The molecule has 0 atom stereocenters. The maximum atomic E-state index is 12.5. The standard InChI is InChI=1S/C15H13ClN2O/c16-13-6-5-11(17)9-14(13)18-8-7-10-3-1-2-4-12(10)15(18)19/h1-6,9H,7-8,17H2. The Kier molecular flexibility index (Phi) is 2.91. The summed E-state index contributed by atoms with van der Waals surface area (Å²) in [6.07, 6.45) is 0.826. The van der Waals surface area contributed by atoms with Crippen LogP contribution in [0.15, 0.2) is 42.5 Å². The van der Waals surface area contributed by atoms with E-state index in [0.717, 1.165) is 17.5 Å². The lowest BCUT2D eigenvalue weighted by atomic mass is 9.98. The molecule has 0 aromatic heterocycles. The van der Waals surface area contributed by atoms with Gasteiger partial charge in [0.15, 0.2) is 0 Å². The number of nitrogen functional groups attached to an aromatic ring is 1. The van der Waals surface area contributed by atoms with Crippen molar-refractivity contribution >= 4 is 28.9 Å². The Hall–Kier alpha value is -2.00. The van der Waals surface area contributed by atoms with Crippen molar-refractivity contribution in [2.45, 2.75) is 6.42 Å². The monoisotopic (exact) mass is 272 g/mol. The fraction of sp³-hybridized carbons (Fsp3) is 0.133. The highest BCUT2D eigenvalue weighted by Gasteiger charge is 2.26. The van der Waals surface area contributed by atoms with Crippen LogP contribution in [0.1, 0.15) is 15.9 Å². The first-order chi connectivity index (χ1) is 9.16. The fourth-order valence-corrected chi connectivity index (χ4v) is 2.61. The van der Waals surface area contributed by atoms with E-state index in [0.29, 0.717) is 22.9 Å². The van der Waals surface area contributed by atoms with Gasteiger partial charge in [0.25, 0.3) is 5.91 Å². The Bertz CT molecular complexity index is 654. The molecule has 0 fully saturated rings. The molecule has 1 amide bonds. The minimum Gasteiger partial charge on any atom is -0.399 e. The summed E-state index contributed by atoms with van der Waals surface area (Å²) in [6, 6.07) is 12.9. The molecule has 19 heavy (non-hydrogen) atoms. The van der Waals surface area contributed by atoms with Crippen LogP contribution < -0.4 is 10.6 Å². The van der Waals surface area contributed by atoms with Gasteiger partial charge in [-0.25, -0.2) is 0 Å². The molecular weight excluding hydrogens is 260 g/mol. The summed E-state index contributed by atoms with van der Waals surface area (Å²) in [6.45, 7) is 0.624. The van der Waals surface area contributed by atoms with Gasteiger partial charge >= 0.3 is 0 Å². The smallest absolute Gasteiger partial charge is 0.258 e. The Labute approximate surface area is 116 Å². The van der Waals surface area contributed by atoms with Gasteiger partial charge in [0, 0.05) is 17.8 Å². The summed E-state index contributed by atoms with van der Waals surface area (Å²) in [7, 11) is 0. The molecule has 0 aliphatic carbocycles. The number of hydrogen-bond donors (Lipinski definition) is 1. The van der Waals surface area contributed by atoms with E-state index >= 15 is 0 Å². The summed E-state index contributed by atoms with van der Waals surface area (Å²) >= 11 is 6.17. The molecule has 0 unspecified atom stereocenters. The number of rotatable bonds is 1. The summed E-state index contributed by atoms with van der Waals surface area (Å²) in [5.41, 5.74) is 8.89. The molecule has 2 aromatic carbocycles. The third-order valence-electron chi connectivity index (χ3n) is 3.36. The molecule has 3 nitrogen and oxygen atoms in total. The van der Waals surface area contributed by atoms with Crippen LogP contribution in [-0.2, 0) is 6.42 Å². The van der Waals surface area contributed by atoms with Gasteiger partial charge in [0.1, 0.15) is 0 Å². The first-order valence-electron chi connectivity index (χ1n) is 6.11. The lowest BCUT2D eigenvalue weighted by Gasteiger charge is -2.29. The largest absolute Gasteiger partial charge is 0.399 e. The van der Waals surface area contributed by atoms with E-state index in [9.17, 15) is 4.79 Å². The number of nitrogens with two attached hydrogens (primary N) is 1. The number of carbonyl (C=O) groups excluding carboxylic acids is 1. The predicted octanol–water partition coefficient (Wildman–Crippen LogP) is 3.13. The molecule has 96 valence electrons. The van der Waals surface area contributed by atoms with Crippen LogP contribution in [0.4, 0.5) is 11.4 Å². The highest BCUT2D eigenvalue weighted by Crippen LogP contribution is 2.31. The van der Waals surface area contributed by atoms with Crippen LogP contribution in [0, 0.1) is 0 Å². The summed E-state index contributed by atoms with van der Waals surface area (Å²) in [4.78, 5) is 14.2. The molecule has 0 bridgehead atoms. The first-order valence-corrected chi connectivity index (χ1v) is 6.49.